The number of aromatic nitrogens is 3. The van der Waals surface area contributed by atoms with Gasteiger partial charge in [-0.1, -0.05) is 33.6 Å². The van der Waals surface area contributed by atoms with E-state index in [-0.39, 0.29) is 29.3 Å². The fourth-order valence-electron chi connectivity index (χ4n) is 4.37. The van der Waals surface area contributed by atoms with Crippen LogP contribution >= 0.6 is 0 Å². The Hall–Kier alpha value is -2.11. The molecule has 0 aliphatic heterocycles. The summed E-state index contributed by atoms with van der Waals surface area (Å²) >= 11 is 0. The molecule has 3 rings (SSSR count). The summed E-state index contributed by atoms with van der Waals surface area (Å²) in [4.78, 5) is 28.8. The van der Waals surface area contributed by atoms with Crippen LogP contribution in [0.2, 0.25) is 0 Å². The lowest BCUT2D eigenvalue weighted by atomic mass is 9.69. The largest absolute Gasteiger partial charge is 0.353 e. The van der Waals surface area contributed by atoms with E-state index < -0.39 is 0 Å². The highest BCUT2D eigenvalue weighted by Gasteiger charge is 2.34. The van der Waals surface area contributed by atoms with Crippen LogP contribution in [0, 0.1) is 25.2 Å². The lowest BCUT2D eigenvalue weighted by Crippen LogP contribution is -2.47. The molecule has 142 valence electrons. The number of aryl methyl sites for hydroxylation is 2. The number of carbonyl (C=O) groups is 1. The summed E-state index contributed by atoms with van der Waals surface area (Å²) in [6.45, 7) is 10.6. The minimum atomic E-state index is -0.183. The summed E-state index contributed by atoms with van der Waals surface area (Å²) in [6.07, 6.45) is 4.93. The van der Waals surface area contributed by atoms with Gasteiger partial charge in [0.15, 0.2) is 5.65 Å². The minimum absolute atomic E-state index is 0.0352. The second kappa shape index (κ2) is 6.89. The molecule has 0 spiro atoms. The molecule has 2 aromatic rings. The highest BCUT2D eigenvalue weighted by atomic mass is 16.1. The summed E-state index contributed by atoms with van der Waals surface area (Å²) in [5.41, 5.74) is 3.14. The number of hydrogen-bond acceptors (Lipinski definition) is 3. The van der Waals surface area contributed by atoms with Crippen LogP contribution < -0.4 is 10.9 Å². The van der Waals surface area contributed by atoms with Crippen LogP contribution in [0.15, 0.2) is 10.9 Å². The van der Waals surface area contributed by atoms with Gasteiger partial charge in [-0.2, -0.15) is 0 Å². The molecule has 1 amide bonds. The quantitative estimate of drug-likeness (QED) is 0.885. The van der Waals surface area contributed by atoms with E-state index in [9.17, 15) is 9.59 Å². The first kappa shape index (κ1) is 18.7. The standard InChI is InChI=1S/C20H30N4O2/c1-12-14(13(2)24-17(21-12)11-19(26)23-24)10-18(25)22-16-9-7-6-8-15(16)20(3,4)5/h11,15-16H,6-10H2,1-5H3,(H,22,25)(H,23,26). The molecule has 0 radical (unpaired) electrons. The van der Waals surface area contributed by atoms with Gasteiger partial charge in [0.25, 0.3) is 5.56 Å². The predicted octanol–water partition coefficient (Wildman–Crippen LogP) is 2.90. The Labute approximate surface area is 154 Å². The molecule has 0 bridgehead atoms. The number of rotatable bonds is 3. The zero-order valence-electron chi connectivity index (χ0n) is 16.5. The van der Waals surface area contributed by atoms with E-state index in [1.807, 2.05) is 13.8 Å². The topological polar surface area (TPSA) is 79.3 Å². The number of H-pyrrole nitrogens is 1. The van der Waals surface area contributed by atoms with Crippen molar-refractivity contribution in [2.24, 2.45) is 11.3 Å². The number of aromatic amines is 1. The molecule has 2 atom stereocenters. The summed E-state index contributed by atoms with van der Waals surface area (Å²) in [7, 11) is 0. The van der Waals surface area contributed by atoms with Crippen molar-refractivity contribution in [1.29, 1.82) is 0 Å². The number of hydrogen-bond donors (Lipinski definition) is 2. The summed E-state index contributed by atoms with van der Waals surface area (Å²) in [6, 6.07) is 1.71. The third-order valence-corrected chi connectivity index (χ3v) is 5.76. The second-order valence-corrected chi connectivity index (χ2v) is 8.68. The summed E-state index contributed by atoms with van der Waals surface area (Å²) < 4.78 is 1.66. The SMILES string of the molecule is Cc1nc2cc(=O)[nH]n2c(C)c1CC(=O)NC1CCCCC1C(C)(C)C. The van der Waals surface area contributed by atoms with Gasteiger partial charge < -0.3 is 5.32 Å². The molecule has 26 heavy (non-hydrogen) atoms. The van der Waals surface area contributed by atoms with Crippen LogP contribution in [0.4, 0.5) is 0 Å². The van der Waals surface area contributed by atoms with Crippen molar-refractivity contribution in [1.82, 2.24) is 19.9 Å². The van der Waals surface area contributed by atoms with E-state index in [1.165, 1.54) is 25.3 Å². The fourth-order valence-corrected chi connectivity index (χ4v) is 4.37. The van der Waals surface area contributed by atoms with Gasteiger partial charge in [-0.3, -0.25) is 14.7 Å². The lowest BCUT2D eigenvalue weighted by molar-refractivity contribution is -0.122. The number of fused-ring (bicyclic) bond motifs is 1. The van der Waals surface area contributed by atoms with Crippen LogP contribution in [0.1, 0.15) is 63.4 Å². The normalized spacial score (nSPS) is 21.1. The zero-order chi connectivity index (χ0) is 19.1. The van der Waals surface area contributed by atoms with E-state index in [4.69, 9.17) is 0 Å². The van der Waals surface area contributed by atoms with Crippen LogP contribution in [0.3, 0.4) is 0 Å². The van der Waals surface area contributed by atoms with Crippen LogP contribution in [0.5, 0.6) is 0 Å². The Kier molecular flexibility index (Phi) is 4.95. The first-order valence-electron chi connectivity index (χ1n) is 9.54. The first-order valence-corrected chi connectivity index (χ1v) is 9.54. The van der Waals surface area contributed by atoms with Crippen molar-refractivity contribution in [3.63, 3.8) is 0 Å². The summed E-state index contributed by atoms with van der Waals surface area (Å²) in [5.74, 6) is 0.539. The first-order chi connectivity index (χ1) is 12.2. The number of nitrogens with zero attached hydrogens (tertiary/aromatic N) is 2. The number of carbonyl (C=O) groups excluding carboxylic acids is 1. The maximum Gasteiger partial charge on any atom is 0.266 e. The fraction of sp³-hybridized carbons (Fsp3) is 0.650. The maximum atomic E-state index is 12.8. The van der Waals surface area contributed by atoms with Gasteiger partial charge in [0.1, 0.15) is 0 Å². The molecule has 1 aliphatic rings. The van der Waals surface area contributed by atoms with Gasteiger partial charge >= 0.3 is 0 Å². The third kappa shape index (κ3) is 3.69. The monoisotopic (exact) mass is 358 g/mol. The van der Waals surface area contributed by atoms with Crippen LogP contribution in [-0.2, 0) is 11.2 Å². The predicted molar refractivity (Wildman–Crippen MR) is 102 cm³/mol. The molecular weight excluding hydrogens is 328 g/mol. The highest BCUT2D eigenvalue weighted by molar-refractivity contribution is 5.79. The molecule has 0 aromatic carbocycles. The van der Waals surface area contributed by atoms with Crippen molar-refractivity contribution in [2.45, 2.75) is 72.8 Å². The van der Waals surface area contributed by atoms with E-state index in [0.717, 1.165) is 23.4 Å². The third-order valence-electron chi connectivity index (χ3n) is 5.76. The van der Waals surface area contributed by atoms with Crippen LogP contribution in [-0.4, -0.2) is 26.5 Å². The summed E-state index contributed by atoms with van der Waals surface area (Å²) in [5, 5.41) is 6.03. The Morgan fingerprint density at radius 3 is 2.69 bits per heavy atom. The van der Waals surface area contributed by atoms with E-state index >= 15 is 0 Å². The zero-order valence-corrected chi connectivity index (χ0v) is 16.5. The molecule has 6 heteroatoms. The van der Waals surface area contributed by atoms with Crippen molar-refractivity contribution in [3.05, 3.63) is 33.4 Å². The lowest BCUT2D eigenvalue weighted by Gasteiger charge is -2.40. The molecule has 2 unspecified atom stereocenters. The van der Waals surface area contributed by atoms with Crippen molar-refractivity contribution < 1.29 is 4.79 Å². The Morgan fingerprint density at radius 2 is 2.00 bits per heavy atom. The van der Waals surface area contributed by atoms with Crippen molar-refractivity contribution in [3.8, 4) is 0 Å². The molecule has 0 saturated heterocycles. The molecule has 1 fully saturated rings. The molecule has 2 aromatic heterocycles. The molecule has 1 saturated carbocycles. The smallest absolute Gasteiger partial charge is 0.266 e. The minimum Gasteiger partial charge on any atom is -0.353 e. The Bertz CT molecular complexity index is 872. The van der Waals surface area contributed by atoms with E-state index in [0.29, 0.717) is 11.6 Å². The maximum absolute atomic E-state index is 12.8. The van der Waals surface area contributed by atoms with Gasteiger partial charge in [0, 0.05) is 29.1 Å². The van der Waals surface area contributed by atoms with Crippen LogP contribution in [0.25, 0.3) is 5.65 Å². The molecule has 2 heterocycles. The average Bonchev–Trinajstić information content (AvgIpc) is 2.91. The van der Waals surface area contributed by atoms with Crippen molar-refractivity contribution in [2.75, 3.05) is 0 Å². The number of nitrogens with one attached hydrogen (secondary N) is 2. The molecular formula is C20H30N4O2. The Morgan fingerprint density at radius 1 is 1.31 bits per heavy atom. The van der Waals surface area contributed by atoms with Crippen molar-refractivity contribution >= 4 is 11.6 Å². The van der Waals surface area contributed by atoms with E-state index in [2.05, 4.69) is 36.2 Å². The van der Waals surface area contributed by atoms with E-state index in [1.54, 1.807) is 4.52 Å². The van der Waals surface area contributed by atoms with Gasteiger partial charge in [0.05, 0.1) is 6.42 Å². The van der Waals surface area contributed by atoms with Gasteiger partial charge in [-0.15, -0.1) is 0 Å². The van der Waals surface area contributed by atoms with Gasteiger partial charge in [0.2, 0.25) is 5.91 Å². The number of amides is 1. The highest BCUT2D eigenvalue weighted by Crippen LogP contribution is 2.38. The Balaban J connectivity index is 1.79. The molecule has 6 nitrogen and oxygen atoms in total. The molecule has 2 N–H and O–H groups in total. The molecule has 1 aliphatic carbocycles. The average molecular weight is 358 g/mol. The van der Waals surface area contributed by atoms with Gasteiger partial charge in [-0.25, -0.2) is 9.50 Å². The van der Waals surface area contributed by atoms with Gasteiger partial charge in [-0.05, 0) is 38.0 Å². The second-order valence-electron chi connectivity index (χ2n) is 8.68.